The predicted molar refractivity (Wildman–Crippen MR) is 168 cm³/mol. The van der Waals surface area contributed by atoms with E-state index in [9.17, 15) is 9.59 Å². The monoisotopic (exact) mass is 609 g/mol. The highest BCUT2D eigenvalue weighted by atomic mass is 35.5. The summed E-state index contributed by atoms with van der Waals surface area (Å²) in [5.41, 5.74) is 3.39. The predicted octanol–water partition coefficient (Wildman–Crippen LogP) is 7.41. The molecule has 42 heavy (non-hydrogen) atoms. The first-order chi connectivity index (χ1) is 20.0. The maximum absolute atomic E-state index is 13.7. The van der Waals surface area contributed by atoms with Gasteiger partial charge in [-0.25, -0.2) is 9.78 Å². The first-order valence-electron chi connectivity index (χ1n) is 13.7. The van der Waals surface area contributed by atoms with Gasteiger partial charge >= 0.3 is 5.97 Å². The van der Waals surface area contributed by atoms with Gasteiger partial charge in [0.15, 0.2) is 17.7 Å². The van der Waals surface area contributed by atoms with E-state index in [0.717, 1.165) is 22.4 Å². The summed E-state index contributed by atoms with van der Waals surface area (Å²) < 4.78 is 17.8. The lowest BCUT2D eigenvalue weighted by atomic mass is 9.96. The number of aromatic nitrogens is 2. The largest absolute Gasteiger partial charge is 0.494 e. The van der Waals surface area contributed by atoms with Gasteiger partial charge in [-0.2, -0.15) is 9.78 Å². The highest BCUT2D eigenvalue weighted by Crippen LogP contribution is 2.36. The fraction of sp³-hybridized carbons (Fsp3) is 0.312. The van der Waals surface area contributed by atoms with Gasteiger partial charge in [0.05, 0.1) is 40.4 Å². The lowest BCUT2D eigenvalue weighted by Gasteiger charge is -2.18. The molecule has 0 spiro atoms. The zero-order valence-electron chi connectivity index (χ0n) is 24.4. The Labute approximate surface area is 254 Å². The molecule has 0 aliphatic heterocycles. The summed E-state index contributed by atoms with van der Waals surface area (Å²) in [6.07, 6.45) is 0.572. The Bertz CT molecular complexity index is 1690. The van der Waals surface area contributed by atoms with Crippen molar-refractivity contribution in [2.45, 2.75) is 53.6 Å². The second kappa shape index (κ2) is 13.4. The highest BCUT2D eigenvalue weighted by Gasteiger charge is 2.21. The van der Waals surface area contributed by atoms with Gasteiger partial charge in [-0.1, -0.05) is 49.2 Å². The number of aryl methyl sites for hydroxylation is 1. The highest BCUT2D eigenvalue weighted by molar-refractivity contribution is 6.37. The van der Waals surface area contributed by atoms with E-state index in [2.05, 4.69) is 18.9 Å². The summed E-state index contributed by atoms with van der Waals surface area (Å²) in [5, 5.41) is 5.33. The quantitative estimate of drug-likeness (QED) is 0.137. The van der Waals surface area contributed by atoms with Crippen LogP contribution in [0, 0.1) is 6.92 Å². The van der Waals surface area contributed by atoms with Gasteiger partial charge < -0.3 is 14.2 Å². The van der Waals surface area contributed by atoms with Crippen molar-refractivity contribution in [2.75, 3.05) is 13.2 Å². The van der Waals surface area contributed by atoms with Crippen LogP contribution in [0.25, 0.3) is 22.3 Å². The molecule has 4 rings (SSSR count). The molecular weight excluding hydrogens is 577 g/mol. The number of hydrogen-bond acceptors (Lipinski definition) is 7. The Morgan fingerprint density at radius 1 is 1.05 bits per heavy atom. The summed E-state index contributed by atoms with van der Waals surface area (Å²) in [4.78, 5) is 30.6. The van der Waals surface area contributed by atoms with E-state index in [0.29, 0.717) is 28.9 Å². The second-order valence-corrected chi connectivity index (χ2v) is 10.7. The Hall–Kier alpha value is -3.88. The summed E-state index contributed by atoms with van der Waals surface area (Å²) in [6, 6.07) is 14.3. The topological polar surface area (TPSA) is 92.0 Å². The maximum atomic E-state index is 13.7. The molecule has 0 saturated carbocycles. The van der Waals surface area contributed by atoms with Crippen molar-refractivity contribution in [3.63, 3.8) is 0 Å². The van der Waals surface area contributed by atoms with Crippen molar-refractivity contribution >= 4 is 46.3 Å². The number of ether oxygens (including phenoxy) is 3. The molecule has 10 heteroatoms. The van der Waals surface area contributed by atoms with E-state index in [1.165, 1.54) is 10.9 Å². The number of fused-ring (bicyclic) bond motifs is 1. The molecular formula is C32H33Cl2N3O5. The number of esters is 1. The molecule has 0 amide bonds. The van der Waals surface area contributed by atoms with E-state index < -0.39 is 12.1 Å². The molecule has 0 saturated heterocycles. The standard InChI is InChI=1S/C32H33Cl2N3O5/c1-7-40-28-13-19(5)24(16-23(28)18(3)4)30-36-27-12-10-9-11-22(27)31(38)37(30)35-17-21-14-25(33)29(26(34)15-21)42-20(6)32(39)41-8-2/h9-18,20H,7-8H2,1-6H3/t20-/m1/s1. The number of carbonyl (C=O) groups is 1. The Morgan fingerprint density at radius 2 is 1.74 bits per heavy atom. The van der Waals surface area contributed by atoms with E-state index in [1.54, 1.807) is 44.2 Å². The van der Waals surface area contributed by atoms with Gasteiger partial charge in [-0.15, -0.1) is 0 Å². The summed E-state index contributed by atoms with van der Waals surface area (Å²) in [5.74, 6) is 0.976. The number of benzene rings is 3. The molecule has 0 bridgehead atoms. The second-order valence-electron chi connectivity index (χ2n) is 9.93. The van der Waals surface area contributed by atoms with Gasteiger partial charge in [0, 0.05) is 5.56 Å². The van der Waals surface area contributed by atoms with Crippen LogP contribution < -0.4 is 15.0 Å². The molecule has 0 aliphatic rings. The van der Waals surface area contributed by atoms with E-state index >= 15 is 0 Å². The van der Waals surface area contributed by atoms with Crippen molar-refractivity contribution in [1.29, 1.82) is 0 Å². The van der Waals surface area contributed by atoms with E-state index in [4.69, 9.17) is 42.4 Å². The molecule has 8 nitrogen and oxygen atoms in total. The number of rotatable bonds is 10. The molecule has 0 unspecified atom stereocenters. The zero-order valence-corrected chi connectivity index (χ0v) is 25.9. The lowest BCUT2D eigenvalue weighted by Crippen LogP contribution is -2.26. The average molecular weight is 611 g/mol. The number of carbonyl (C=O) groups excluding carboxylic acids is 1. The molecule has 0 fully saturated rings. The fourth-order valence-electron chi connectivity index (χ4n) is 4.45. The minimum atomic E-state index is -0.905. The van der Waals surface area contributed by atoms with Crippen LogP contribution in [0.5, 0.6) is 11.5 Å². The summed E-state index contributed by atoms with van der Waals surface area (Å²) in [6.45, 7) is 12.1. The minimum absolute atomic E-state index is 0.146. The van der Waals surface area contributed by atoms with Crippen molar-refractivity contribution < 1.29 is 19.0 Å². The molecule has 1 heterocycles. The van der Waals surface area contributed by atoms with Gasteiger partial charge in [0.25, 0.3) is 5.56 Å². The lowest BCUT2D eigenvalue weighted by molar-refractivity contribution is -0.150. The van der Waals surface area contributed by atoms with Crippen molar-refractivity contribution in [2.24, 2.45) is 5.10 Å². The first kappa shape index (κ1) is 31.1. The van der Waals surface area contributed by atoms with Crippen LogP contribution in [0.4, 0.5) is 0 Å². The number of halogens is 2. The number of nitrogens with zero attached hydrogens (tertiary/aromatic N) is 3. The molecule has 4 aromatic rings. The first-order valence-corrected chi connectivity index (χ1v) is 14.5. The molecule has 3 aromatic carbocycles. The van der Waals surface area contributed by atoms with Gasteiger partial charge in [-0.3, -0.25) is 4.79 Å². The Kier molecular flexibility index (Phi) is 9.91. The van der Waals surface area contributed by atoms with Crippen molar-refractivity contribution in [1.82, 2.24) is 9.66 Å². The summed E-state index contributed by atoms with van der Waals surface area (Å²) >= 11 is 12.9. The smallest absolute Gasteiger partial charge is 0.347 e. The Morgan fingerprint density at radius 3 is 2.38 bits per heavy atom. The van der Waals surface area contributed by atoms with E-state index in [-0.39, 0.29) is 33.9 Å². The van der Waals surface area contributed by atoms with Crippen LogP contribution in [-0.2, 0) is 9.53 Å². The molecule has 1 atom stereocenters. The van der Waals surface area contributed by atoms with Gasteiger partial charge in [-0.05, 0) is 86.7 Å². The normalized spacial score (nSPS) is 12.2. The molecule has 0 aliphatic carbocycles. The zero-order chi connectivity index (χ0) is 30.6. The average Bonchev–Trinajstić information content (AvgIpc) is 2.94. The van der Waals surface area contributed by atoms with Crippen molar-refractivity contribution in [3.8, 4) is 22.9 Å². The van der Waals surface area contributed by atoms with Crippen LogP contribution in [0.1, 0.15) is 57.2 Å². The van der Waals surface area contributed by atoms with Crippen LogP contribution in [0.3, 0.4) is 0 Å². The third-order valence-corrected chi connectivity index (χ3v) is 7.09. The van der Waals surface area contributed by atoms with Crippen LogP contribution >= 0.6 is 23.2 Å². The molecule has 0 radical (unpaired) electrons. The SMILES string of the molecule is CCOC(=O)[C@@H](C)Oc1c(Cl)cc(C=Nn2c(-c3cc(C(C)C)c(OCC)cc3C)nc3ccccc3c2=O)cc1Cl. The maximum Gasteiger partial charge on any atom is 0.347 e. The third kappa shape index (κ3) is 6.61. The van der Waals surface area contributed by atoms with Gasteiger partial charge in [0.1, 0.15) is 5.75 Å². The molecule has 0 N–H and O–H groups in total. The van der Waals surface area contributed by atoms with Crippen LogP contribution in [0.15, 0.2) is 58.4 Å². The van der Waals surface area contributed by atoms with Crippen LogP contribution in [0.2, 0.25) is 10.0 Å². The number of hydrogen-bond donors (Lipinski definition) is 0. The van der Waals surface area contributed by atoms with Crippen LogP contribution in [-0.4, -0.2) is 41.2 Å². The minimum Gasteiger partial charge on any atom is -0.494 e. The van der Waals surface area contributed by atoms with Gasteiger partial charge in [0.2, 0.25) is 0 Å². The fourth-order valence-corrected chi connectivity index (χ4v) is 5.04. The molecule has 220 valence electrons. The molecule has 1 aromatic heterocycles. The Balaban J connectivity index is 1.83. The summed E-state index contributed by atoms with van der Waals surface area (Å²) in [7, 11) is 0. The van der Waals surface area contributed by atoms with E-state index in [1.807, 2.05) is 32.0 Å². The van der Waals surface area contributed by atoms with Crippen molar-refractivity contribution in [3.05, 3.63) is 85.6 Å². The number of para-hydroxylation sites is 1. The third-order valence-electron chi connectivity index (χ3n) is 6.53.